The van der Waals surface area contributed by atoms with Crippen LogP contribution in [0, 0.1) is 0 Å². The minimum atomic E-state index is -1.95. The van der Waals surface area contributed by atoms with E-state index in [1.807, 2.05) is 13.0 Å². The third-order valence-corrected chi connectivity index (χ3v) is 11.7. The summed E-state index contributed by atoms with van der Waals surface area (Å²) >= 11 is 0. The van der Waals surface area contributed by atoms with E-state index in [1.165, 1.54) is 13.8 Å². The van der Waals surface area contributed by atoms with Crippen LogP contribution < -0.4 is 27.0 Å². The largest absolute Gasteiger partial charge is 0.394 e. The molecule has 406 valence electrons. The number of ether oxygens (including phenoxy) is 9. The van der Waals surface area contributed by atoms with Gasteiger partial charge >= 0.3 is 0 Å². The molecule has 28 nitrogen and oxygen atoms in total. The summed E-state index contributed by atoms with van der Waals surface area (Å²) in [5.74, 6) is -3.37. The zero-order valence-electron chi connectivity index (χ0n) is 40.0. The van der Waals surface area contributed by atoms with Gasteiger partial charge in [0.1, 0.15) is 85.7 Å². The van der Waals surface area contributed by atoms with Crippen LogP contribution in [0.5, 0.6) is 0 Å². The number of hydrogen-bond donors (Lipinski definition) is 14. The lowest BCUT2D eigenvalue weighted by Crippen LogP contribution is -2.70. The van der Waals surface area contributed by atoms with Gasteiger partial charge in [-0.3, -0.25) is 45.7 Å². The second-order valence-corrected chi connectivity index (χ2v) is 17.2. The van der Waals surface area contributed by atoms with E-state index in [4.69, 9.17) is 42.6 Å². The third-order valence-electron chi connectivity index (χ3n) is 11.7. The van der Waals surface area contributed by atoms with Crippen molar-refractivity contribution in [3.05, 3.63) is 24.3 Å². The van der Waals surface area contributed by atoms with Crippen molar-refractivity contribution >= 4 is 29.5 Å². The number of hydrazine groups is 2. The first-order valence-electron chi connectivity index (χ1n) is 23.2. The van der Waals surface area contributed by atoms with Crippen molar-refractivity contribution in [1.82, 2.24) is 27.0 Å². The van der Waals surface area contributed by atoms with Crippen LogP contribution in [0.1, 0.15) is 72.6 Å². The summed E-state index contributed by atoms with van der Waals surface area (Å²) < 4.78 is 52.1. The van der Waals surface area contributed by atoms with Gasteiger partial charge in [0.25, 0.3) is 0 Å². The molecule has 8 unspecified atom stereocenters. The Morgan fingerprint density at radius 2 is 1.15 bits per heavy atom. The highest BCUT2D eigenvalue weighted by Crippen LogP contribution is 2.35. The number of nitrogens with one attached hydrogen (secondary N) is 5. The van der Waals surface area contributed by atoms with E-state index in [1.54, 1.807) is 18.2 Å². The van der Waals surface area contributed by atoms with Gasteiger partial charge in [-0.1, -0.05) is 30.7 Å². The van der Waals surface area contributed by atoms with E-state index in [2.05, 4.69) is 27.0 Å². The first-order chi connectivity index (χ1) is 33.7. The zero-order valence-corrected chi connectivity index (χ0v) is 40.0. The maximum absolute atomic E-state index is 12.7. The number of aliphatic hydroxyl groups excluding tert-OH is 9. The number of allylic oxidation sites excluding steroid dienone is 4. The molecule has 4 heterocycles. The van der Waals surface area contributed by atoms with Crippen molar-refractivity contribution in [3.63, 3.8) is 0 Å². The van der Waals surface area contributed by atoms with Gasteiger partial charge in [0, 0.05) is 33.5 Å². The van der Waals surface area contributed by atoms with Crippen LogP contribution in [0.4, 0.5) is 0 Å². The molecule has 0 bridgehead atoms. The highest BCUT2D eigenvalue weighted by Gasteiger charge is 2.56. The number of carbonyl (C=O) groups excluding carboxylic acids is 5. The number of carbonyl (C=O) groups is 5. The van der Waals surface area contributed by atoms with Crippen molar-refractivity contribution in [2.24, 2.45) is 0 Å². The summed E-state index contributed by atoms with van der Waals surface area (Å²) in [6.45, 7) is 4.90. The fourth-order valence-corrected chi connectivity index (χ4v) is 7.78. The average molecular weight is 1030 g/mol. The molecule has 14 N–H and O–H groups in total. The summed E-state index contributed by atoms with van der Waals surface area (Å²) in [6, 6.07) is -1.56. The molecule has 0 aromatic heterocycles. The van der Waals surface area contributed by atoms with E-state index in [0.717, 1.165) is 14.0 Å². The molecule has 20 atom stereocenters. The molecule has 0 aliphatic carbocycles. The number of hydrogen-bond acceptors (Lipinski definition) is 23. The predicted molar refractivity (Wildman–Crippen MR) is 235 cm³/mol. The SMILES string of the molecule is C/C=C/C=C/CCC(=O)NNC(=O)CC(=O)NNC(=O)CCCCCO[C@@H]1OC(C)[C@H](O)[C@H](O[C@H]2O[C@@H](OC)[C@@H](O)C(O[C@H]3OC(CO)[C@H](O)[C@H](O)C3O[C@@H]3OC(C)[C@H](O)[C@H](O)C3O)C2NC(C)=O)C1O. The van der Waals surface area contributed by atoms with Crippen molar-refractivity contribution in [2.75, 3.05) is 20.3 Å². The second-order valence-electron chi connectivity index (χ2n) is 17.2. The monoisotopic (exact) mass is 1030 g/mol. The smallest absolute Gasteiger partial charge is 0.247 e. The van der Waals surface area contributed by atoms with E-state index in [0.29, 0.717) is 25.7 Å². The first kappa shape index (κ1) is 59.7. The molecule has 4 aliphatic rings. The van der Waals surface area contributed by atoms with Crippen LogP contribution in [-0.4, -0.2) is 219 Å². The van der Waals surface area contributed by atoms with E-state index in [-0.39, 0.29) is 19.4 Å². The molecular weight excluding hydrogens is 954 g/mol. The Morgan fingerprint density at radius 3 is 1.79 bits per heavy atom. The van der Waals surface area contributed by atoms with Gasteiger partial charge in [-0.25, -0.2) is 0 Å². The quantitative estimate of drug-likeness (QED) is 0.0208. The van der Waals surface area contributed by atoms with E-state index >= 15 is 0 Å². The van der Waals surface area contributed by atoms with Crippen LogP contribution in [0.2, 0.25) is 0 Å². The number of methoxy groups -OCH3 is 1. The van der Waals surface area contributed by atoms with E-state index < -0.39 is 166 Å². The van der Waals surface area contributed by atoms with Crippen molar-refractivity contribution in [2.45, 2.75) is 196 Å². The van der Waals surface area contributed by atoms with Crippen molar-refractivity contribution in [3.8, 4) is 0 Å². The summed E-state index contributed by atoms with van der Waals surface area (Å²) in [4.78, 5) is 60.9. The molecule has 4 saturated heterocycles. The first-order valence-corrected chi connectivity index (χ1v) is 23.2. The van der Waals surface area contributed by atoms with Crippen LogP contribution in [0.25, 0.3) is 0 Å². The third kappa shape index (κ3) is 17.1. The summed E-state index contributed by atoms with van der Waals surface area (Å²) in [5, 5.41) is 99.9. The second kappa shape index (κ2) is 29.1. The Labute approximate surface area is 408 Å². The van der Waals surface area contributed by atoms with Crippen LogP contribution >= 0.6 is 0 Å². The Kier molecular flexibility index (Phi) is 24.5. The lowest BCUT2D eigenvalue weighted by Gasteiger charge is -2.50. The molecule has 0 radical (unpaired) electrons. The number of rotatable bonds is 22. The van der Waals surface area contributed by atoms with Crippen LogP contribution in [-0.2, 0) is 66.6 Å². The average Bonchev–Trinajstić information content (AvgIpc) is 3.33. The molecule has 0 aromatic rings. The van der Waals surface area contributed by atoms with E-state index in [9.17, 15) is 69.9 Å². The summed E-state index contributed by atoms with van der Waals surface area (Å²) in [5.41, 5.74) is 8.63. The van der Waals surface area contributed by atoms with Gasteiger partial charge in [-0.15, -0.1) is 0 Å². The zero-order chi connectivity index (χ0) is 52.5. The molecule has 4 aliphatic heterocycles. The molecule has 0 spiro atoms. The molecule has 28 heteroatoms. The normalized spacial score (nSPS) is 37.6. The van der Waals surface area contributed by atoms with Crippen LogP contribution in [0.15, 0.2) is 24.3 Å². The van der Waals surface area contributed by atoms with Gasteiger partial charge < -0.3 is 93.9 Å². The minimum Gasteiger partial charge on any atom is -0.394 e. The number of unbranched alkanes of at least 4 members (excludes halogenated alkanes) is 2. The highest BCUT2D eigenvalue weighted by atomic mass is 16.8. The minimum absolute atomic E-state index is 0.0160. The fraction of sp³-hybridized carbons (Fsp3) is 0.791. The molecule has 5 amide bonds. The fourth-order valence-electron chi connectivity index (χ4n) is 7.78. The van der Waals surface area contributed by atoms with Gasteiger partial charge in [-0.2, -0.15) is 0 Å². The Bertz CT molecular complexity index is 1770. The lowest BCUT2D eigenvalue weighted by molar-refractivity contribution is -0.397. The molecular formula is C43H71N5O23. The predicted octanol–water partition coefficient (Wildman–Crippen LogP) is -5.76. The molecule has 71 heavy (non-hydrogen) atoms. The summed E-state index contributed by atoms with van der Waals surface area (Å²) in [7, 11) is 1.14. The lowest BCUT2D eigenvalue weighted by atomic mass is 9.96. The Balaban J connectivity index is 1.32. The molecule has 4 rings (SSSR count). The van der Waals surface area contributed by atoms with Gasteiger partial charge in [0.15, 0.2) is 31.5 Å². The maximum Gasteiger partial charge on any atom is 0.247 e. The molecule has 0 aromatic carbocycles. The van der Waals surface area contributed by atoms with Crippen molar-refractivity contribution < 1.29 is 113 Å². The van der Waals surface area contributed by atoms with Gasteiger partial charge in [0.05, 0.1) is 18.8 Å². The summed E-state index contributed by atoms with van der Waals surface area (Å²) in [6.07, 6.45) is -23.0. The standard InChI is InChI=1S/C43H71N5O23/c1-6-7-8-9-11-14-23(51)45-47-25(53)17-26(54)48-46-24(52)15-12-10-13-16-64-41-35(62)37(29(56)20(3)65-41)69-39-27(44-21(4)50)36(34(61)40(63-5)71-39)68-43-38(32(59)30(57)22(18-49)67-43)70-42-33(60)31(58)28(55)19(2)66-42/h6-9,19-20,22,27-43,49,55-62H,10-18H2,1-5H3,(H,44,50)(H,45,51)(H,46,52)(H,47,53)(H,48,54)/b7-6+,9-8+/t19?,20?,22?,27?,28-,29-,30-,31-,32-,33?,34-,35?,36?,37-,38?,39-,40+,41+,42-,43+/m0/s1. The number of amides is 5. The topological polar surface area (TPSA) is 411 Å². The molecule has 4 fully saturated rings. The number of aliphatic hydroxyl groups is 9. The Hall–Kier alpha value is -3.89. The van der Waals surface area contributed by atoms with Gasteiger partial charge in [0.2, 0.25) is 29.5 Å². The van der Waals surface area contributed by atoms with Crippen molar-refractivity contribution in [1.29, 1.82) is 0 Å². The van der Waals surface area contributed by atoms with Crippen LogP contribution in [0.3, 0.4) is 0 Å². The van der Waals surface area contributed by atoms with Gasteiger partial charge in [-0.05, 0) is 40.0 Å². The highest BCUT2D eigenvalue weighted by molar-refractivity contribution is 5.98. The Morgan fingerprint density at radius 1 is 0.563 bits per heavy atom. The maximum atomic E-state index is 12.7. The molecule has 0 saturated carbocycles.